The highest BCUT2D eigenvalue weighted by Crippen LogP contribution is 2.43. The Morgan fingerprint density at radius 2 is 2.00 bits per heavy atom. The third-order valence-corrected chi connectivity index (χ3v) is 6.52. The third-order valence-electron chi connectivity index (χ3n) is 4.76. The van der Waals surface area contributed by atoms with Crippen molar-refractivity contribution in [1.29, 1.82) is 0 Å². The number of hydrogen-bond acceptors (Lipinski definition) is 6. The van der Waals surface area contributed by atoms with E-state index in [0.717, 1.165) is 27.0 Å². The van der Waals surface area contributed by atoms with Crippen molar-refractivity contribution in [3.63, 3.8) is 0 Å². The summed E-state index contributed by atoms with van der Waals surface area (Å²) < 4.78 is 7.33. The molecule has 0 saturated heterocycles. The summed E-state index contributed by atoms with van der Waals surface area (Å²) in [5, 5.41) is 9.34. The molecule has 0 aliphatic carbocycles. The number of carbonyl (C=O) groups excluding carboxylic acids is 1. The van der Waals surface area contributed by atoms with Gasteiger partial charge in [-0.3, -0.25) is 9.69 Å². The standard InChI is InChI=1S/C23H23BrN4O2S/c1-4-19(29)28-18-11-6-5-10-17(18)20-21(25-23(27-26-20)31-13-14(2)3)30-22(28)15-8-7-9-16(24)12-15/h5-12,14,22H,4,13H2,1-3H3/t22-/m1/s1. The second-order valence-electron chi connectivity index (χ2n) is 7.61. The Kier molecular flexibility index (Phi) is 6.57. The Morgan fingerprint density at radius 1 is 1.19 bits per heavy atom. The molecule has 1 atom stereocenters. The van der Waals surface area contributed by atoms with E-state index < -0.39 is 6.23 Å². The lowest BCUT2D eigenvalue weighted by molar-refractivity contribution is -0.120. The molecule has 0 bridgehead atoms. The zero-order valence-electron chi connectivity index (χ0n) is 17.6. The predicted octanol–water partition coefficient (Wildman–Crippen LogP) is 5.88. The Bertz CT molecular complexity index is 1110. The van der Waals surface area contributed by atoms with E-state index in [1.165, 1.54) is 0 Å². The lowest BCUT2D eigenvalue weighted by Crippen LogP contribution is -2.37. The molecule has 1 aliphatic rings. The van der Waals surface area contributed by atoms with Crippen molar-refractivity contribution < 1.29 is 9.53 Å². The van der Waals surface area contributed by atoms with E-state index in [0.29, 0.717) is 29.1 Å². The number of benzene rings is 2. The van der Waals surface area contributed by atoms with Crippen molar-refractivity contribution in [2.75, 3.05) is 10.7 Å². The van der Waals surface area contributed by atoms with Gasteiger partial charge in [0.25, 0.3) is 0 Å². The molecule has 0 unspecified atom stereocenters. The van der Waals surface area contributed by atoms with Crippen LogP contribution < -0.4 is 9.64 Å². The number of ether oxygens (including phenoxy) is 1. The quantitative estimate of drug-likeness (QED) is 0.408. The molecule has 2 heterocycles. The number of fused-ring (bicyclic) bond motifs is 3. The number of thioether (sulfide) groups is 1. The first-order chi connectivity index (χ1) is 15.0. The topological polar surface area (TPSA) is 68.2 Å². The molecule has 8 heteroatoms. The van der Waals surface area contributed by atoms with E-state index in [2.05, 4.69) is 45.0 Å². The zero-order valence-corrected chi connectivity index (χ0v) is 20.0. The molecule has 0 spiro atoms. The fraction of sp³-hybridized carbons (Fsp3) is 0.304. The summed E-state index contributed by atoms with van der Waals surface area (Å²) in [6.07, 6.45) is -0.334. The molecule has 0 saturated carbocycles. The second kappa shape index (κ2) is 9.36. The van der Waals surface area contributed by atoms with E-state index in [1.807, 2.05) is 55.5 Å². The second-order valence-corrected chi connectivity index (χ2v) is 9.52. The summed E-state index contributed by atoms with van der Waals surface area (Å²) in [4.78, 5) is 19.5. The number of carbonyl (C=O) groups is 1. The van der Waals surface area contributed by atoms with Crippen molar-refractivity contribution in [3.05, 3.63) is 58.6 Å². The Morgan fingerprint density at radius 3 is 2.74 bits per heavy atom. The molecule has 6 nitrogen and oxygen atoms in total. The van der Waals surface area contributed by atoms with Gasteiger partial charge in [-0.2, -0.15) is 4.98 Å². The van der Waals surface area contributed by atoms with E-state index >= 15 is 0 Å². The maximum absolute atomic E-state index is 13.1. The average molecular weight is 499 g/mol. The number of anilines is 1. The van der Waals surface area contributed by atoms with Gasteiger partial charge in [-0.25, -0.2) is 0 Å². The molecular weight excluding hydrogens is 476 g/mol. The molecule has 1 aliphatic heterocycles. The SMILES string of the molecule is CCC(=O)N1c2ccccc2-c2nnc(SCC(C)C)nc2O[C@@H]1c1cccc(Br)c1. The van der Waals surface area contributed by atoms with Gasteiger partial charge < -0.3 is 4.74 Å². The molecule has 0 radical (unpaired) electrons. The molecule has 1 aromatic heterocycles. The summed E-state index contributed by atoms with van der Waals surface area (Å²) in [5.41, 5.74) is 2.89. The number of hydrogen-bond donors (Lipinski definition) is 0. The van der Waals surface area contributed by atoms with Gasteiger partial charge in [0.05, 0.1) is 5.69 Å². The van der Waals surface area contributed by atoms with Gasteiger partial charge in [-0.15, -0.1) is 10.2 Å². The highest BCUT2D eigenvalue weighted by atomic mass is 79.9. The summed E-state index contributed by atoms with van der Waals surface area (Å²) in [7, 11) is 0. The van der Waals surface area contributed by atoms with Gasteiger partial charge in [0, 0.05) is 27.8 Å². The summed E-state index contributed by atoms with van der Waals surface area (Å²) in [5.74, 6) is 1.71. The zero-order chi connectivity index (χ0) is 22.0. The van der Waals surface area contributed by atoms with Crippen LogP contribution in [0, 0.1) is 5.92 Å². The van der Waals surface area contributed by atoms with E-state index in [9.17, 15) is 4.79 Å². The van der Waals surface area contributed by atoms with Gasteiger partial charge in [0.15, 0.2) is 5.69 Å². The lowest BCUT2D eigenvalue weighted by atomic mass is 10.1. The molecule has 0 N–H and O–H groups in total. The van der Waals surface area contributed by atoms with Crippen molar-refractivity contribution in [2.45, 2.75) is 38.6 Å². The fourth-order valence-electron chi connectivity index (χ4n) is 3.33. The minimum Gasteiger partial charge on any atom is -0.447 e. The molecule has 1 amide bonds. The van der Waals surface area contributed by atoms with Gasteiger partial charge >= 0.3 is 0 Å². The Balaban J connectivity index is 1.89. The van der Waals surface area contributed by atoms with E-state index in [4.69, 9.17) is 4.74 Å². The van der Waals surface area contributed by atoms with Crippen LogP contribution in [0.15, 0.2) is 58.2 Å². The summed E-state index contributed by atoms with van der Waals surface area (Å²) >= 11 is 5.08. The van der Waals surface area contributed by atoms with Crippen LogP contribution in [0.5, 0.6) is 5.88 Å². The van der Waals surface area contributed by atoms with Gasteiger partial charge in [0.2, 0.25) is 23.2 Å². The number of rotatable bonds is 5. The molecular formula is C23H23BrN4O2S. The predicted molar refractivity (Wildman–Crippen MR) is 126 cm³/mol. The molecule has 3 aromatic rings. The number of para-hydroxylation sites is 1. The highest BCUT2D eigenvalue weighted by molar-refractivity contribution is 9.10. The van der Waals surface area contributed by atoms with Gasteiger partial charge in [-0.1, -0.05) is 78.8 Å². The largest absolute Gasteiger partial charge is 0.447 e. The third kappa shape index (κ3) is 4.60. The van der Waals surface area contributed by atoms with Crippen molar-refractivity contribution >= 4 is 39.3 Å². The van der Waals surface area contributed by atoms with Crippen LogP contribution in [-0.4, -0.2) is 26.8 Å². The number of halogens is 1. The van der Waals surface area contributed by atoms with Gasteiger partial charge in [0.1, 0.15) is 0 Å². The highest BCUT2D eigenvalue weighted by Gasteiger charge is 2.35. The molecule has 160 valence electrons. The van der Waals surface area contributed by atoms with Gasteiger partial charge in [-0.05, 0) is 24.1 Å². The van der Waals surface area contributed by atoms with Crippen LogP contribution in [-0.2, 0) is 4.79 Å². The molecule has 0 fully saturated rings. The number of amides is 1. The molecule has 2 aromatic carbocycles. The Hall–Kier alpha value is -2.45. The summed E-state index contributed by atoms with van der Waals surface area (Å²) in [6, 6.07) is 15.4. The van der Waals surface area contributed by atoms with E-state index in [1.54, 1.807) is 16.7 Å². The van der Waals surface area contributed by atoms with Crippen LogP contribution in [0.4, 0.5) is 5.69 Å². The fourth-order valence-corrected chi connectivity index (χ4v) is 4.48. The lowest BCUT2D eigenvalue weighted by Gasteiger charge is -2.30. The maximum Gasteiger partial charge on any atom is 0.247 e. The van der Waals surface area contributed by atoms with Crippen molar-refractivity contribution in [2.24, 2.45) is 5.92 Å². The number of aromatic nitrogens is 3. The monoisotopic (exact) mass is 498 g/mol. The average Bonchev–Trinajstić information content (AvgIpc) is 2.91. The normalized spacial score (nSPS) is 15.1. The first-order valence-electron chi connectivity index (χ1n) is 10.2. The van der Waals surface area contributed by atoms with Crippen LogP contribution in [0.1, 0.15) is 39.0 Å². The molecule has 31 heavy (non-hydrogen) atoms. The van der Waals surface area contributed by atoms with Crippen LogP contribution in [0.25, 0.3) is 11.3 Å². The Labute approximate surface area is 194 Å². The first-order valence-corrected chi connectivity index (χ1v) is 12.0. The van der Waals surface area contributed by atoms with Crippen molar-refractivity contribution in [1.82, 2.24) is 15.2 Å². The van der Waals surface area contributed by atoms with Crippen LogP contribution in [0.3, 0.4) is 0 Å². The van der Waals surface area contributed by atoms with Crippen LogP contribution in [0.2, 0.25) is 0 Å². The first kappa shape index (κ1) is 21.8. The summed E-state index contributed by atoms with van der Waals surface area (Å²) in [6.45, 7) is 6.14. The van der Waals surface area contributed by atoms with E-state index in [-0.39, 0.29) is 5.91 Å². The van der Waals surface area contributed by atoms with Crippen molar-refractivity contribution in [3.8, 4) is 17.1 Å². The smallest absolute Gasteiger partial charge is 0.247 e. The maximum atomic E-state index is 13.1. The minimum absolute atomic E-state index is 0.0485. The van der Waals surface area contributed by atoms with Crippen LogP contribution >= 0.6 is 27.7 Å². The molecule has 4 rings (SSSR count). The minimum atomic E-state index is -0.674. The number of nitrogens with zero attached hydrogens (tertiary/aromatic N) is 4.